The first-order chi connectivity index (χ1) is 9.18. The molecule has 1 aliphatic carbocycles. The Kier molecular flexibility index (Phi) is 3.13. The molecule has 1 aliphatic rings. The molecule has 1 fully saturated rings. The van der Waals surface area contributed by atoms with Gasteiger partial charge in [0.1, 0.15) is 11.4 Å². The fourth-order valence-electron chi connectivity index (χ4n) is 3.04. The number of hydrogen-bond donors (Lipinski definition) is 0. The summed E-state index contributed by atoms with van der Waals surface area (Å²) in [5.41, 5.74) is 1.11. The lowest BCUT2D eigenvalue weighted by Crippen LogP contribution is -2.18. The minimum Gasteiger partial charge on any atom is -0.453 e. The SMILES string of the molecule is Cc1c(C(=O)C2CCCCC2)oc2cccc(F)c12. The van der Waals surface area contributed by atoms with E-state index in [0.29, 0.717) is 22.3 Å². The van der Waals surface area contributed by atoms with E-state index in [0.717, 1.165) is 25.7 Å². The van der Waals surface area contributed by atoms with Crippen LogP contribution in [0, 0.1) is 18.7 Å². The third kappa shape index (κ3) is 2.07. The first-order valence-electron chi connectivity index (χ1n) is 6.90. The van der Waals surface area contributed by atoms with E-state index in [9.17, 15) is 9.18 Å². The number of Topliss-reactive ketones (excluding diaryl/α,β-unsaturated/α-hetero) is 1. The van der Waals surface area contributed by atoms with Crippen LogP contribution in [0.25, 0.3) is 11.0 Å². The lowest BCUT2D eigenvalue weighted by Gasteiger charge is -2.19. The second-order valence-corrected chi connectivity index (χ2v) is 5.37. The summed E-state index contributed by atoms with van der Waals surface area (Å²) >= 11 is 0. The molecular formula is C16H17FO2. The summed E-state index contributed by atoms with van der Waals surface area (Å²) in [5.74, 6) is 0.136. The molecule has 0 bridgehead atoms. The Hall–Kier alpha value is -1.64. The molecule has 1 aromatic carbocycles. The van der Waals surface area contributed by atoms with Crippen LogP contribution in [0.4, 0.5) is 4.39 Å². The molecule has 0 aliphatic heterocycles. The fraction of sp³-hybridized carbons (Fsp3) is 0.438. The maximum atomic E-state index is 13.8. The predicted octanol–water partition coefficient (Wildman–Crippen LogP) is 4.64. The van der Waals surface area contributed by atoms with Gasteiger partial charge in [-0.2, -0.15) is 0 Å². The third-order valence-electron chi connectivity index (χ3n) is 4.10. The van der Waals surface area contributed by atoms with Gasteiger partial charge in [0.05, 0.1) is 5.39 Å². The molecule has 2 nitrogen and oxygen atoms in total. The smallest absolute Gasteiger partial charge is 0.201 e. The number of halogens is 1. The third-order valence-corrected chi connectivity index (χ3v) is 4.10. The normalized spacial score (nSPS) is 16.9. The number of furan rings is 1. The zero-order valence-corrected chi connectivity index (χ0v) is 11.0. The van der Waals surface area contributed by atoms with E-state index >= 15 is 0 Å². The monoisotopic (exact) mass is 260 g/mol. The van der Waals surface area contributed by atoms with Gasteiger partial charge in [0, 0.05) is 11.5 Å². The van der Waals surface area contributed by atoms with Crippen molar-refractivity contribution in [2.75, 3.05) is 0 Å². The number of carbonyl (C=O) groups is 1. The number of carbonyl (C=O) groups excluding carboxylic acids is 1. The zero-order valence-electron chi connectivity index (χ0n) is 11.0. The van der Waals surface area contributed by atoms with Gasteiger partial charge in [-0.1, -0.05) is 25.3 Å². The summed E-state index contributed by atoms with van der Waals surface area (Å²) in [4.78, 5) is 12.5. The molecule has 0 amide bonds. The number of hydrogen-bond acceptors (Lipinski definition) is 2. The molecule has 3 heteroatoms. The molecule has 0 unspecified atom stereocenters. The van der Waals surface area contributed by atoms with E-state index in [-0.39, 0.29) is 17.5 Å². The van der Waals surface area contributed by atoms with Crippen LogP contribution in [0.3, 0.4) is 0 Å². The van der Waals surface area contributed by atoms with Crippen molar-refractivity contribution >= 4 is 16.8 Å². The van der Waals surface area contributed by atoms with Gasteiger partial charge in [-0.05, 0) is 31.9 Å². The van der Waals surface area contributed by atoms with Crippen molar-refractivity contribution in [2.24, 2.45) is 5.92 Å². The highest BCUT2D eigenvalue weighted by Gasteiger charge is 2.27. The van der Waals surface area contributed by atoms with Gasteiger partial charge < -0.3 is 4.42 Å². The van der Waals surface area contributed by atoms with E-state index in [2.05, 4.69) is 0 Å². The molecule has 1 saturated carbocycles. The van der Waals surface area contributed by atoms with Crippen LogP contribution in [0.5, 0.6) is 0 Å². The maximum Gasteiger partial charge on any atom is 0.201 e. The topological polar surface area (TPSA) is 30.2 Å². The average molecular weight is 260 g/mol. The largest absolute Gasteiger partial charge is 0.453 e. The molecule has 0 spiro atoms. The van der Waals surface area contributed by atoms with Gasteiger partial charge in [-0.15, -0.1) is 0 Å². The average Bonchev–Trinajstić information content (AvgIpc) is 2.78. The molecule has 100 valence electrons. The minimum absolute atomic E-state index is 0.0489. The molecule has 0 radical (unpaired) electrons. The molecule has 0 saturated heterocycles. The molecule has 0 N–H and O–H groups in total. The Labute approximate surface area is 111 Å². The second-order valence-electron chi connectivity index (χ2n) is 5.37. The quantitative estimate of drug-likeness (QED) is 0.736. The van der Waals surface area contributed by atoms with Crippen LogP contribution in [0.1, 0.15) is 48.2 Å². The summed E-state index contributed by atoms with van der Waals surface area (Å²) in [6.45, 7) is 1.77. The van der Waals surface area contributed by atoms with Gasteiger partial charge in [0.2, 0.25) is 5.78 Å². The van der Waals surface area contributed by atoms with Crippen LogP contribution < -0.4 is 0 Å². The van der Waals surface area contributed by atoms with E-state index in [1.165, 1.54) is 12.5 Å². The Morgan fingerprint density at radius 1 is 1.26 bits per heavy atom. The highest BCUT2D eigenvalue weighted by molar-refractivity contribution is 6.01. The Morgan fingerprint density at radius 2 is 2.00 bits per heavy atom. The molecular weight excluding hydrogens is 243 g/mol. The van der Waals surface area contributed by atoms with Crippen molar-refractivity contribution in [3.8, 4) is 0 Å². The molecule has 1 heterocycles. The highest BCUT2D eigenvalue weighted by atomic mass is 19.1. The van der Waals surface area contributed by atoms with E-state index in [4.69, 9.17) is 4.42 Å². The van der Waals surface area contributed by atoms with Crippen LogP contribution in [0.2, 0.25) is 0 Å². The number of fused-ring (bicyclic) bond motifs is 1. The first-order valence-corrected chi connectivity index (χ1v) is 6.90. The Morgan fingerprint density at radius 3 is 2.68 bits per heavy atom. The van der Waals surface area contributed by atoms with Crippen LogP contribution in [0.15, 0.2) is 22.6 Å². The van der Waals surface area contributed by atoms with Crippen LogP contribution in [-0.2, 0) is 0 Å². The first kappa shape index (κ1) is 12.4. The molecule has 2 aromatic rings. The van der Waals surface area contributed by atoms with Crippen molar-refractivity contribution in [1.29, 1.82) is 0 Å². The van der Waals surface area contributed by atoms with Crippen LogP contribution >= 0.6 is 0 Å². The van der Waals surface area contributed by atoms with E-state index in [1.807, 2.05) is 0 Å². The van der Waals surface area contributed by atoms with Gasteiger partial charge >= 0.3 is 0 Å². The van der Waals surface area contributed by atoms with Crippen LogP contribution in [-0.4, -0.2) is 5.78 Å². The van der Waals surface area contributed by atoms with Gasteiger partial charge in [0.15, 0.2) is 5.76 Å². The lowest BCUT2D eigenvalue weighted by molar-refractivity contribution is 0.0862. The number of benzene rings is 1. The van der Waals surface area contributed by atoms with Crippen molar-refractivity contribution in [3.05, 3.63) is 35.3 Å². The van der Waals surface area contributed by atoms with Gasteiger partial charge in [0.25, 0.3) is 0 Å². The minimum atomic E-state index is -0.318. The summed E-state index contributed by atoms with van der Waals surface area (Å²) in [7, 11) is 0. The van der Waals surface area contributed by atoms with Gasteiger partial charge in [-0.25, -0.2) is 4.39 Å². The number of aryl methyl sites for hydroxylation is 1. The zero-order chi connectivity index (χ0) is 13.4. The van der Waals surface area contributed by atoms with Gasteiger partial charge in [-0.3, -0.25) is 4.79 Å². The highest BCUT2D eigenvalue weighted by Crippen LogP contribution is 2.32. The second kappa shape index (κ2) is 4.80. The van der Waals surface area contributed by atoms with E-state index < -0.39 is 0 Å². The summed E-state index contributed by atoms with van der Waals surface area (Å²) in [6, 6.07) is 4.72. The Bertz CT molecular complexity index is 621. The molecule has 3 rings (SSSR count). The summed E-state index contributed by atoms with van der Waals surface area (Å²) < 4.78 is 19.4. The maximum absolute atomic E-state index is 13.8. The van der Waals surface area contributed by atoms with E-state index in [1.54, 1.807) is 19.1 Å². The fourth-order valence-corrected chi connectivity index (χ4v) is 3.04. The number of ketones is 1. The van der Waals surface area contributed by atoms with Crippen molar-refractivity contribution < 1.29 is 13.6 Å². The predicted molar refractivity (Wildman–Crippen MR) is 71.8 cm³/mol. The molecule has 1 aromatic heterocycles. The van der Waals surface area contributed by atoms with Crippen molar-refractivity contribution in [1.82, 2.24) is 0 Å². The van der Waals surface area contributed by atoms with Crippen molar-refractivity contribution in [3.63, 3.8) is 0 Å². The lowest BCUT2D eigenvalue weighted by atomic mass is 9.85. The summed E-state index contributed by atoms with van der Waals surface area (Å²) in [6.07, 6.45) is 5.27. The standard InChI is InChI=1S/C16H17FO2/c1-10-14-12(17)8-5-9-13(14)19-16(10)15(18)11-6-3-2-4-7-11/h5,8-9,11H,2-4,6-7H2,1H3. The molecule has 19 heavy (non-hydrogen) atoms. The number of rotatable bonds is 2. The summed E-state index contributed by atoms with van der Waals surface area (Å²) in [5, 5.41) is 0.446. The molecule has 0 atom stereocenters. The Balaban J connectivity index is 2.03. The van der Waals surface area contributed by atoms with Crippen molar-refractivity contribution in [2.45, 2.75) is 39.0 Å².